The van der Waals surface area contributed by atoms with Gasteiger partial charge in [-0.1, -0.05) is 15.9 Å². The summed E-state index contributed by atoms with van der Waals surface area (Å²) in [6.45, 7) is -0.422. The van der Waals surface area contributed by atoms with E-state index in [-0.39, 0.29) is 11.4 Å². The smallest absolute Gasteiger partial charge is 0.325 e. The van der Waals surface area contributed by atoms with Gasteiger partial charge in [0, 0.05) is 4.47 Å². The van der Waals surface area contributed by atoms with Crippen LogP contribution in [0.4, 0.5) is 4.39 Å². The molecule has 0 bridgehead atoms. The summed E-state index contributed by atoms with van der Waals surface area (Å²) in [5.74, 6) is -1.55. The first-order valence-corrected chi connectivity index (χ1v) is 5.30. The second kappa shape index (κ2) is 4.58. The standard InChI is InChI=1S/C9H6BrFN4O2/c10-5-1-2-7(11)6(3-5)9-12-13-14-15(9)4-8(16)17/h1-3H,4H2,(H,16,17). The summed E-state index contributed by atoms with van der Waals surface area (Å²) in [6, 6.07) is 4.27. The molecule has 0 saturated heterocycles. The number of carboxylic acids is 1. The van der Waals surface area contributed by atoms with Gasteiger partial charge in [-0.25, -0.2) is 9.07 Å². The normalized spacial score (nSPS) is 10.5. The summed E-state index contributed by atoms with van der Waals surface area (Å²) in [7, 11) is 0. The van der Waals surface area contributed by atoms with Crippen molar-refractivity contribution in [3.63, 3.8) is 0 Å². The first-order chi connectivity index (χ1) is 8.08. The number of aromatic nitrogens is 4. The van der Waals surface area contributed by atoms with Crippen molar-refractivity contribution in [2.45, 2.75) is 6.54 Å². The van der Waals surface area contributed by atoms with Gasteiger partial charge in [0.25, 0.3) is 0 Å². The van der Waals surface area contributed by atoms with E-state index in [0.29, 0.717) is 4.47 Å². The zero-order valence-corrected chi connectivity index (χ0v) is 9.93. The number of nitrogens with zero attached hydrogens (tertiary/aromatic N) is 4. The highest BCUT2D eigenvalue weighted by Crippen LogP contribution is 2.23. The van der Waals surface area contributed by atoms with E-state index in [0.717, 1.165) is 4.68 Å². The molecule has 1 aromatic heterocycles. The number of carbonyl (C=O) groups is 1. The van der Waals surface area contributed by atoms with Crippen LogP contribution in [0.1, 0.15) is 0 Å². The Balaban J connectivity index is 2.49. The molecule has 88 valence electrons. The summed E-state index contributed by atoms with van der Waals surface area (Å²) < 4.78 is 15.2. The first kappa shape index (κ1) is 11.6. The maximum atomic E-state index is 13.6. The molecule has 0 amide bonds. The van der Waals surface area contributed by atoms with E-state index in [1.165, 1.54) is 18.2 Å². The van der Waals surface area contributed by atoms with Gasteiger partial charge in [0.05, 0.1) is 5.56 Å². The van der Waals surface area contributed by atoms with Crippen LogP contribution in [0, 0.1) is 5.82 Å². The van der Waals surface area contributed by atoms with Crippen molar-refractivity contribution in [2.75, 3.05) is 0 Å². The number of benzene rings is 1. The molecule has 17 heavy (non-hydrogen) atoms. The molecule has 0 unspecified atom stereocenters. The van der Waals surface area contributed by atoms with Gasteiger partial charge in [-0.05, 0) is 28.6 Å². The van der Waals surface area contributed by atoms with Crippen LogP contribution in [0.25, 0.3) is 11.4 Å². The van der Waals surface area contributed by atoms with Crippen molar-refractivity contribution < 1.29 is 14.3 Å². The molecule has 1 aromatic carbocycles. The van der Waals surface area contributed by atoms with E-state index in [2.05, 4.69) is 31.5 Å². The summed E-state index contributed by atoms with van der Waals surface area (Å²) in [5.41, 5.74) is 0.144. The number of tetrazole rings is 1. The number of rotatable bonds is 3. The third-order valence-corrected chi connectivity index (χ3v) is 2.48. The van der Waals surface area contributed by atoms with Crippen molar-refractivity contribution in [3.05, 3.63) is 28.5 Å². The molecule has 0 radical (unpaired) electrons. The Kier molecular flexibility index (Phi) is 3.14. The number of aliphatic carboxylic acids is 1. The fourth-order valence-corrected chi connectivity index (χ4v) is 1.66. The zero-order valence-electron chi connectivity index (χ0n) is 8.34. The lowest BCUT2D eigenvalue weighted by atomic mass is 10.2. The van der Waals surface area contributed by atoms with E-state index in [1.807, 2.05) is 0 Å². The van der Waals surface area contributed by atoms with E-state index < -0.39 is 18.3 Å². The third kappa shape index (κ3) is 2.47. The molecule has 0 aliphatic carbocycles. The number of halogens is 2. The van der Waals surface area contributed by atoms with E-state index in [1.54, 1.807) is 0 Å². The van der Waals surface area contributed by atoms with Crippen molar-refractivity contribution in [1.82, 2.24) is 20.2 Å². The highest BCUT2D eigenvalue weighted by molar-refractivity contribution is 9.10. The van der Waals surface area contributed by atoms with Gasteiger partial charge in [-0.2, -0.15) is 0 Å². The van der Waals surface area contributed by atoms with Gasteiger partial charge in [-0.3, -0.25) is 4.79 Å². The lowest BCUT2D eigenvalue weighted by Gasteiger charge is -2.03. The highest BCUT2D eigenvalue weighted by atomic mass is 79.9. The first-order valence-electron chi connectivity index (χ1n) is 4.51. The van der Waals surface area contributed by atoms with Crippen LogP contribution in [-0.2, 0) is 11.3 Å². The monoisotopic (exact) mass is 300 g/mol. The van der Waals surface area contributed by atoms with Gasteiger partial charge >= 0.3 is 5.97 Å². The summed E-state index contributed by atoms with van der Waals surface area (Å²) in [5, 5.41) is 19.1. The number of carboxylic acid groups (broad SMARTS) is 1. The Morgan fingerprint density at radius 1 is 1.53 bits per heavy atom. The quantitative estimate of drug-likeness (QED) is 0.925. The van der Waals surface area contributed by atoms with Gasteiger partial charge in [-0.15, -0.1) is 5.10 Å². The maximum absolute atomic E-state index is 13.6. The van der Waals surface area contributed by atoms with Gasteiger partial charge in [0.2, 0.25) is 0 Å². The molecule has 8 heteroatoms. The van der Waals surface area contributed by atoms with E-state index >= 15 is 0 Å². The van der Waals surface area contributed by atoms with Crippen LogP contribution in [0.5, 0.6) is 0 Å². The lowest BCUT2D eigenvalue weighted by molar-refractivity contribution is -0.137. The Labute approximate surface area is 103 Å². The number of hydrogen-bond donors (Lipinski definition) is 1. The molecule has 2 rings (SSSR count). The predicted molar refractivity (Wildman–Crippen MR) is 58.5 cm³/mol. The van der Waals surface area contributed by atoms with Crippen LogP contribution in [0.3, 0.4) is 0 Å². The van der Waals surface area contributed by atoms with Crippen LogP contribution >= 0.6 is 15.9 Å². The summed E-state index contributed by atoms with van der Waals surface area (Å²) >= 11 is 3.20. The van der Waals surface area contributed by atoms with Crippen LogP contribution in [0.15, 0.2) is 22.7 Å². The Morgan fingerprint density at radius 3 is 3.00 bits per heavy atom. The highest BCUT2D eigenvalue weighted by Gasteiger charge is 2.15. The fourth-order valence-electron chi connectivity index (χ4n) is 1.30. The lowest BCUT2D eigenvalue weighted by Crippen LogP contribution is -2.12. The molecule has 0 spiro atoms. The summed E-state index contributed by atoms with van der Waals surface area (Å²) in [6.07, 6.45) is 0. The Morgan fingerprint density at radius 2 is 2.29 bits per heavy atom. The SMILES string of the molecule is O=C(O)Cn1nnnc1-c1cc(Br)ccc1F. The average Bonchev–Trinajstić information content (AvgIpc) is 2.69. The van der Waals surface area contributed by atoms with Crippen molar-refractivity contribution in [1.29, 1.82) is 0 Å². The molecule has 2 aromatic rings. The molecule has 0 saturated carbocycles. The van der Waals surface area contributed by atoms with Gasteiger partial charge in [0.15, 0.2) is 5.82 Å². The van der Waals surface area contributed by atoms with E-state index in [9.17, 15) is 9.18 Å². The molecule has 6 nitrogen and oxygen atoms in total. The minimum absolute atomic E-state index is 0.0752. The molecule has 0 atom stereocenters. The molecular weight excluding hydrogens is 295 g/mol. The van der Waals surface area contributed by atoms with Crippen LogP contribution in [0.2, 0.25) is 0 Å². The summed E-state index contributed by atoms with van der Waals surface area (Å²) in [4.78, 5) is 10.6. The van der Waals surface area contributed by atoms with Crippen molar-refractivity contribution in [2.24, 2.45) is 0 Å². The molecular formula is C9H6BrFN4O2. The Bertz CT molecular complexity index is 572. The Hall–Kier alpha value is -1.83. The average molecular weight is 301 g/mol. The topological polar surface area (TPSA) is 80.9 Å². The number of hydrogen-bond acceptors (Lipinski definition) is 4. The largest absolute Gasteiger partial charge is 0.480 e. The van der Waals surface area contributed by atoms with Gasteiger partial charge < -0.3 is 5.11 Å². The molecule has 0 aliphatic rings. The van der Waals surface area contributed by atoms with Crippen LogP contribution < -0.4 is 0 Å². The van der Waals surface area contributed by atoms with Crippen molar-refractivity contribution in [3.8, 4) is 11.4 Å². The minimum Gasteiger partial charge on any atom is -0.480 e. The fraction of sp³-hybridized carbons (Fsp3) is 0.111. The second-order valence-electron chi connectivity index (χ2n) is 3.18. The zero-order chi connectivity index (χ0) is 12.4. The molecule has 1 N–H and O–H groups in total. The molecule has 0 aliphatic heterocycles. The minimum atomic E-state index is -1.10. The van der Waals surface area contributed by atoms with Crippen molar-refractivity contribution >= 4 is 21.9 Å². The molecule has 0 fully saturated rings. The van der Waals surface area contributed by atoms with Gasteiger partial charge in [0.1, 0.15) is 12.4 Å². The van der Waals surface area contributed by atoms with E-state index in [4.69, 9.17) is 5.11 Å². The predicted octanol–water partition coefficient (Wildman–Crippen LogP) is 1.33. The second-order valence-corrected chi connectivity index (χ2v) is 4.09. The third-order valence-electron chi connectivity index (χ3n) is 1.99. The van der Waals surface area contributed by atoms with Crippen LogP contribution in [-0.4, -0.2) is 31.3 Å². The maximum Gasteiger partial charge on any atom is 0.325 e. The molecule has 1 heterocycles.